The van der Waals surface area contributed by atoms with E-state index in [0.717, 1.165) is 23.0 Å². The summed E-state index contributed by atoms with van der Waals surface area (Å²) >= 11 is 0. The number of nitrogens with one attached hydrogen (secondary N) is 1. The minimum Gasteiger partial charge on any atom is -0.343 e. The van der Waals surface area contributed by atoms with E-state index in [1.54, 1.807) is 19.1 Å². The van der Waals surface area contributed by atoms with Gasteiger partial charge in [0.2, 0.25) is 0 Å². The number of aromatic nitrogens is 1. The molecule has 0 spiro atoms. The zero-order chi connectivity index (χ0) is 18.9. The second kappa shape index (κ2) is 6.71. The van der Waals surface area contributed by atoms with Gasteiger partial charge in [0, 0.05) is 34.9 Å². The van der Waals surface area contributed by atoms with Crippen LogP contribution >= 0.6 is 0 Å². The van der Waals surface area contributed by atoms with Crippen LogP contribution in [0.4, 0.5) is 18.9 Å². The van der Waals surface area contributed by atoms with Gasteiger partial charge in [-0.05, 0) is 48.9 Å². The molecular weight excluding hydrogens is 341 g/mol. The number of hydrogen-bond acceptors (Lipinski definition) is 1. The number of alkyl halides is 3. The maximum Gasteiger partial charge on any atom is 0.416 e. The molecule has 0 aliphatic rings. The highest BCUT2D eigenvalue weighted by Gasteiger charge is 2.30. The summed E-state index contributed by atoms with van der Waals surface area (Å²) in [6.07, 6.45) is -2.54. The molecule has 1 amide bonds. The number of amides is 1. The van der Waals surface area contributed by atoms with E-state index < -0.39 is 11.7 Å². The van der Waals surface area contributed by atoms with Gasteiger partial charge in [0.15, 0.2) is 0 Å². The van der Waals surface area contributed by atoms with Gasteiger partial charge in [0.05, 0.1) is 5.56 Å². The average Bonchev–Trinajstić information content (AvgIpc) is 2.96. The number of carbonyl (C=O) groups excluding carboxylic acids is 1. The molecule has 2 aromatic carbocycles. The first-order valence-electron chi connectivity index (χ1n) is 7.96. The number of carbonyl (C=O) groups is 1. The molecule has 0 fully saturated rings. The number of benzene rings is 2. The van der Waals surface area contributed by atoms with E-state index in [2.05, 4.69) is 11.9 Å². The van der Waals surface area contributed by atoms with E-state index in [-0.39, 0.29) is 5.91 Å². The van der Waals surface area contributed by atoms with Gasteiger partial charge in [-0.3, -0.25) is 4.79 Å². The van der Waals surface area contributed by atoms with Crippen molar-refractivity contribution in [2.24, 2.45) is 0 Å². The van der Waals surface area contributed by atoms with Gasteiger partial charge < -0.3 is 9.88 Å². The van der Waals surface area contributed by atoms with Crippen LogP contribution in [0.25, 0.3) is 10.9 Å². The fourth-order valence-corrected chi connectivity index (χ4v) is 2.70. The lowest BCUT2D eigenvalue weighted by molar-refractivity contribution is -0.137. The van der Waals surface area contributed by atoms with E-state index in [1.807, 2.05) is 29.0 Å². The molecule has 0 aliphatic heterocycles. The van der Waals surface area contributed by atoms with E-state index in [1.165, 1.54) is 6.07 Å². The van der Waals surface area contributed by atoms with Crippen LogP contribution in [0, 0.1) is 0 Å². The fourth-order valence-electron chi connectivity index (χ4n) is 2.70. The van der Waals surface area contributed by atoms with Gasteiger partial charge in [-0.25, -0.2) is 0 Å². The summed E-state index contributed by atoms with van der Waals surface area (Å²) in [4.78, 5) is 11.7. The molecule has 1 aromatic heterocycles. The van der Waals surface area contributed by atoms with Crippen molar-refractivity contribution in [3.63, 3.8) is 0 Å². The first-order valence-corrected chi connectivity index (χ1v) is 7.96. The van der Waals surface area contributed by atoms with Crippen LogP contribution in [-0.4, -0.2) is 10.5 Å². The second-order valence-corrected chi connectivity index (χ2v) is 6.15. The quantitative estimate of drug-likeness (QED) is 0.637. The van der Waals surface area contributed by atoms with E-state index >= 15 is 0 Å². The summed E-state index contributed by atoms with van der Waals surface area (Å²) in [5.74, 6) is -0.257. The number of rotatable bonds is 4. The minimum atomic E-state index is -4.36. The minimum absolute atomic E-state index is 0.257. The van der Waals surface area contributed by atoms with Crippen LogP contribution < -0.4 is 5.32 Å². The molecular formula is C20H17F3N2O. The predicted molar refractivity (Wildman–Crippen MR) is 95.9 cm³/mol. The molecule has 0 saturated heterocycles. The molecule has 0 atom stereocenters. The maximum atomic E-state index is 12.9. The van der Waals surface area contributed by atoms with Crippen molar-refractivity contribution in [2.75, 3.05) is 5.32 Å². The van der Waals surface area contributed by atoms with Crippen LogP contribution in [0.5, 0.6) is 0 Å². The van der Waals surface area contributed by atoms with Crippen LogP contribution in [0.1, 0.15) is 18.1 Å². The Balaban J connectivity index is 1.86. The van der Waals surface area contributed by atoms with Crippen molar-refractivity contribution < 1.29 is 18.0 Å². The van der Waals surface area contributed by atoms with Gasteiger partial charge in [-0.15, -0.1) is 0 Å². The van der Waals surface area contributed by atoms with E-state index in [0.29, 0.717) is 23.4 Å². The molecule has 1 heterocycles. The van der Waals surface area contributed by atoms with Gasteiger partial charge in [0.25, 0.3) is 5.91 Å². The van der Waals surface area contributed by atoms with Crippen molar-refractivity contribution in [3.8, 4) is 0 Å². The third-order valence-electron chi connectivity index (χ3n) is 4.02. The van der Waals surface area contributed by atoms with Gasteiger partial charge in [-0.1, -0.05) is 18.7 Å². The Labute approximate surface area is 148 Å². The summed E-state index contributed by atoms with van der Waals surface area (Å²) in [7, 11) is 0. The topological polar surface area (TPSA) is 34.0 Å². The Kier molecular flexibility index (Phi) is 4.59. The van der Waals surface area contributed by atoms with Crippen molar-refractivity contribution in [3.05, 3.63) is 78.0 Å². The number of hydrogen-bond donors (Lipinski definition) is 1. The van der Waals surface area contributed by atoms with Gasteiger partial charge in [0.1, 0.15) is 0 Å². The van der Waals surface area contributed by atoms with Crippen LogP contribution in [0.2, 0.25) is 0 Å². The monoisotopic (exact) mass is 358 g/mol. The number of halogens is 3. The predicted octanol–water partition coefficient (Wildman–Crippen LogP) is 5.22. The molecule has 0 aliphatic carbocycles. The van der Waals surface area contributed by atoms with Gasteiger partial charge >= 0.3 is 6.18 Å². The molecule has 6 heteroatoms. The Hall–Kier alpha value is -3.02. The summed E-state index contributed by atoms with van der Waals surface area (Å²) in [5, 5.41) is 3.63. The third kappa shape index (κ3) is 3.79. The highest BCUT2D eigenvalue weighted by Crippen LogP contribution is 2.30. The van der Waals surface area contributed by atoms with E-state index in [4.69, 9.17) is 0 Å². The Morgan fingerprint density at radius 3 is 2.62 bits per heavy atom. The maximum absolute atomic E-state index is 12.9. The van der Waals surface area contributed by atoms with Crippen molar-refractivity contribution in [1.29, 1.82) is 0 Å². The lowest BCUT2D eigenvalue weighted by atomic mass is 10.1. The zero-order valence-electron chi connectivity index (χ0n) is 14.1. The summed E-state index contributed by atoms with van der Waals surface area (Å²) in [5.41, 5.74) is 1.83. The lowest BCUT2D eigenvalue weighted by Gasteiger charge is -2.10. The first kappa shape index (κ1) is 17.8. The summed E-state index contributed by atoms with van der Waals surface area (Å²) in [6.45, 7) is 5.54. The molecule has 0 saturated carbocycles. The normalized spacial score (nSPS) is 11.5. The third-order valence-corrected chi connectivity index (χ3v) is 4.02. The molecule has 26 heavy (non-hydrogen) atoms. The lowest BCUT2D eigenvalue weighted by Crippen LogP contribution is -2.11. The second-order valence-electron chi connectivity index (χ2n) is 6.15. The van der Waals surface area contributed by atoms with Crippen molar-refractivity contribution >= 4 is 22.5 Å². The molecule has 1 N–H and O–H groups in total. The Morgan fingerprint density at radius 1 is 1.15 bits per heavy atom. The van der Waals surface area contributed by atoms with E-state index in [9.17, 15) is 18.0 Å². The number of fused-ring (bicyclic) bond motifs is 1. The molecule has 0 radical (unpaired) electrons. The molecule has 3 rings (SSSR count). The molecule has 3 nitrogen and oxygen atoms in total. The van der Waals surface area contributed by atoms with Crippen LogP contribution in [-0.2, 0) is 17.5 Å². The molecule has 3 aromatic rings. The largest absolute Gasteiger partial charge is 0.416 e. The SMILES string of the molecule is C=C(C)C(=O)Nc1ccc2c(ccn2Cc2cccc(C(F)(F)F)c2)c1. The number of anilines is 1. The Morgan fingerprint density at radius 2 is 1.92 bits per heavy atom. The standard InChI is InChI=1S/C20H17F3N2O/c1-13(2)19(26)24-17-6-7-18-15(11-17)8-9-25(18)12-14-4-3-5-16(10-14)20(21,22)23/h3-11H,1,12H2,2H3,(H,24,26). The first-order chi connectivity index (χ1) is 12.2. The smallest absolute Gasteiger partial charge is 0.343 e. The molecule has 134 valence electrons. The number of nitrogens with zero attached hydrogens (tertiary/aromatic N) is 1. The highest BCUT2D eigenvalue weighted by molar-refractivity contribution is 6.03. The molecule has 0 unspecified atom stereocenters. The summed E-state index contributed by atoms with van der Waals surface area (Å²) in [6, 6.07) is 12.6. The van der Waals surface area contributed by atoms with Gasteiger partial charge in [-0.2, -0.15) is 13.2 Å². The Bertz CT molecular complexity index is 986. The van der Waals surface area contributed by atoms with Crippen LogP contribution in [0.3, 0.4) is 0 Å². The summed E-state index contributed by atoms with van der Waals surface area (Å²) < 4.78 is 40.4. The average molecular weight is 358 g/mol. The van der Waals surface area contributed by atoms with Crippen molar-refractivity contribution in [1.82, 2.24) is 4.57 Å². The zero-order valence-corrected chi connectivity index (χ0v) is 14.1. The fraction of sp³-hybridized carbons (Fsp3) is 0.150. The highest BCUT2D eigenvalue weighted by atomic mass is 19.4. The van der Waals surface area contributed by atoms with Crippen LogP contribution in [0.15, 0.2) is 66.9 Å². The molecule has 0 bridgehead atoms. The van der Waals surface area contributed by atoms with Crippen molar-refractivity contribution in [2.45, 2.75) is 19.6 Å².